The number of rotatable bonds is 4. The first-order valence-electron chi connectivity index (χ1n) is 10.1. The first-order valence-corrected chi connectivity index (χ1v) is 10.1. The van der Waals surface area contributed by atoms with Crippen LogP contribution in [0.2, 0.25) is 0 Å². The zero-order valence-corrected chi connectivity index (χ0v) is 16.4. The second-order valence-corrected chi connectivity index (χ2v) is 7.60. The van der Waals surface area contributed by atoms with Gasteiger partial charge in [-0.15, -0.1) is 0 Å². The maximum Gasteiger partial charge on any atom is 0.414 e. The van der Waals surface area contributed by atoms with Crippen molar-refractivity contribution in [1.82, 2.24) is 10.3 Å². The summed E-state index contributed by atoms with van der Waals surface area (Å²) in [5.74, 6) is -0.672. The Labute approximate surface area is 169 Å². The number of pyridine rings is 1. The molecule has 7 heteroatoms. The van der Waals surface area contributed by atoms with Crippen LogP contribution in [-0.2, 0) is 11.2 Å². The molecule has 152 valence electrons. The lowest BCUT2D eigenvalue weighted by molar-refractivity contribution is 0.0571. The Morgan fingerprint density at radius 2 is 1.93 bits per heavy atom. The predicted octanol–water partition coefficient (Wildman–Crippen LogP) is 4.15. The minimum Gasteiger partial charge on any atom is -0.446 e. The van der Waals surface area contributed by atoms with Crippen LogP contribution >= 0.6 is 0 Å². The Hall–Kier alpha value is -2.96. The van der Waals surface area contributed by atoms with Gasteiger partial charge in [-0.1, -0.05) is 0 Å². The van der Waals surface area contributed by atoms with Crippen LogP contribution in [0.3, 0.4) is 0 Å². The van der Waals surface area contributed by atoms with Gasteiger partial charge >= 0.3 is 6.09 Å². The third-order valence-electron chi connectivity index (χ3n) is 5.50. The number of anilines is 1. The molecule has 1 aliphatic heterocycles. The standard InChI is InChI=1S/C22H24FN3O3/c1-14(24-21(27)15-7-9-16(23)10-8-15)18-11-12-20-19(25-18)6-3-13-26(20)22(28)29-17-4-2-5-17/h7-12,14,17H,2-6,13H2,1H3,(H,24,27)/t14-/m1/s1. The average Bonchev–Trinajstić information content (AvgIpc) is 2.70. The fourth-order valence-corrected chi connectivity index (χ4v) is 3.55. The largest absolute Gasteiger partial charge is 0.446 e. The molecule has 1 atom stereocenters. The molecular weight excluding hydrogens is 373 g/mol. The van der Waals surface area contributed by atoms with Crippen molar-refractivity contribution < 1.29 is 18.7 Å². The van der Waals surface area contributed by atoms with E-state index in [1.54, 1.807) is 4.90 Å². The molecule has 2 heterocycles. The Balaban J connectivity index is 1.46. The zero-order valence-electron chi connectivity index (χ0n) is 16.4. The average molecular weight is 397 g/mol. The molecule has 1 fully saturated rings. The molecule has 0 unspecified atom stereocenters. The van der Waals surface area contributed by atoms with Gasteiger partial charge in [-0.05, 0) is 75.4 Å². The molecule has 1 aromatic carbocycles. The first kappa shape index (κ1) is 19.4. The van der Waals surface area contributed by atoms with Crippen molar-refractivity contribution in [2.45, 2.75) is 51.2 Å². The Bertz CT molecular complexity index is 912. The summed E-state index contributed by atoms with van der Waals surface area (Å²) in [6.07, 6.45) is 4.32. The zero-order chi connectivity index (χ0) is 20.4. The Kier molecular flexibility index (Phi) is 5.47. The number of hydrogen-bond donors (Lipinski definition) is 1. The third kappa shape index (κ3) is 4.23. The maximum absolute atomic E-state index is 13.0. The van der Waals surface area contributed by atoms with Gasteiger partial charge in [0, 0.05) is 12.1 Å². The highest BCUT2D eigenvalue weighted by molar-refractivity contribution is 5.94. The van der Waals surface area contributed by atoms with Crippen molar-refractivity contribution in [3.05, 3.63) is 59.2 Å². The summed E-state index contributed by atoms with van der Waals surface area (Å²) in [4.78, 5) is 31.2. The van der Waals surface area contributed by atoms with E-state index in [9.17, 15) is 14.0 Å². The van der Waals surface area contributed by atoms with E-state index in [2.05, 4.69) is 5.32 Å². The van der Waals surface area contributed by atoms with Crippen molar-refractivity contribution in [1.29, 1.82) is 0 Å². The number of hydrogen-bond acceptors (Lipinski definition) is 4. The first-order chi connectivity index (χ1) is 14.0. The summed E-state index contributed by atoms with van der Waals surface area (Å²) < 4.78 is 18.6. The van der Waals surface area contributed by atoms with Crippen molar-refractivity contribution in [2.24, 2.45) is 0 Å². The summed E-state index contributed by atoms with van der Waals surface area (Å²) in [6.45, 7) is 2.47. The number of benzene rings is 1. The van der Waals surface area contributed by atoms with Crippen molar-refractivity contribution in [3.63, 3.8) is 0 Å². The van der Waals surface area contributed by atoms with Gasteiger partial charge in [0.2, 0.25) is 0 Å². The molecular formula is C22H24FN3O3. The Morgan fingerprint density at radius 3 is 2.62 bits per heavy atom. The molecule has 2 aromatic rings. The number of nitrogens with one attached hydrogen (secondary N) is 1. The molecule has 2 aliphatic rings. The highest BCUT2D eigenvalue weighted by Crippen LogP contribution is 2.30. The van der Waals surface area contributed by atoms with E-state index in [0.29, 0.717) is 17.8 Å². The van der Waals surface area contributed by atoms with E-state index in [4.69, 9.17) is 9.72 Å². The van der Waals surface area contributed by atoms with Gasteiger partial charge in [0.1, 0.15) is 11.9 Å². The van der Waals surface area contributed by atoms with Crippen LogP contribution in [0.4, 0.5) is 14.9 Å². The van der Waals surface area contributed by atoms with Gasteiger partial charge < -0.3 is 10.1 Å². The number of aromatic nitrogens is 1. The van der Waals surface area contributed by atoms with Crippen LogP contribution in [0, 0.1) is 5.82 Å². The molecule has 0 saturated heterocycles. The number of amides is 2. The second-order valence-electron chi connectivity index (χ2n) is 7.60. The molecule has 4 rings (SSSR count). The number of aryl methyl sites for hydroxylation is 1. The normalized spacial score (nSPS) is 17.1. The molecule has 1 N–H and O–H groups in total. The lowest BCUT2D eigenvalue weighted by Gasteiger charge is -2.32. The smallest absolute Gasteiger partial charge is 0.414 e. The van der Waals surface area contributed by atoms with Crippen LogP contribution in [0.1, 0.15) is 60.4 Å². The van der Waals surface area contributed by atoms with Crippen molar-refractivity contribution in [3.8, 4) is 0 Å². The summed E-state index contributed by atoms with van der Waals surface area (Å²) in [5, 5.41) is 2.88. The van der Waals surface area contributed by atoms with E-state index in [1.165, 1.54) is 24.3 Å². The van der Waals surface area contributed by atoms with Crippen LogP contribution < -0.4 is 10.2 Å². The van der Waals surface area contributed by atoms with Gasteiger partial charge in [0.15, 0.2) is 0 Å². The van der Waals surface area contributed by atoms with Crippen LogP contribution in [0.15, 0.2) is 36.4 Å². The van der Waals surface area contributed by atoms with Crippen LogP contribution in [0.25, 0.3) is 0 Å². The predicted molar refractivity (Wildman–Crippen MR) is 106 cm³/mol. The number of fused-ring (bicyclic) bond motifs is 1. The van der Waals surface area contributed by atoms with Crippen molar-refractivity contribution in [2.75, 3.05) is 11.4 Å². The molecule has 29 heavy (non-hydrogen) atoms. The second kappa shape index (κ2) is 8.19. The molecule has 0 bridgehead atoms. The maximum atomic E-state index is 13.0. The van der Waals surface area contributed by atoms with E-state index < -0.39 is 0 Å². The molecule has 1 saturated carbocycles. The number of carbonyl (C=O) groups is 2. The van der Waals surface area contributed by atoms with Gasteiger partial charge in [-0.25, -0.2) is 9.18 Å². The fourth-order valence-electron chi connectivity index (χ4n) is 3.55. The van der Waals surface area contributed by atoms with Gasteiger partial charge in [0.25, 0.3) is 5.91 Å². The minimum absolute atomic E-state index is 0.0433. The molecule has 0 spiro atoms. The van der Waals surface area contributed by atoms with E-state index in [1.807, 2.05) is 19.1 Å². The SMILES string of the molecule is C[C@@H](NC(=O)c1ccc(F)cc1)c1ccc2c(n1)CCCN2C(=O)OC1CCC1. The molecule has 1 aromatic heterocycles. The third-order valence-corrected chi connectivity index (χ3v) is 5.50. The summed E-state index contributed by atoms with van der Waals surface area (Å²) in [5.41, 5.74) is 2.72. The summed E-state index contributed by atoms with van der Waals surface area (Å²) >= 11 is 0. The van der Waals surface area contributed by atoms with Gasteiger partial charge in [-0.3, -0.25) is 14.7 Å². The molecule has 2 amide bonds. The quantitative estimate of drug-likeness (QED) is 0.841. The highest BCUT2D eigenvalue weighted by atomic mass is 19.1. The number of nitrogens with zero attached hydrogens (tertiary/aromatic N) is 2. The van der Waals surface area contributed by atoms with Crippen molar-refractivity contribution >= 4 is 17.7 Å². The monoisotopic (exact) mass is 397 g/mol. The molecule has 6 nitrogen and oxygen atoms in total. The summed E-state index contributed by atoms with van der Waals surface area (Å²) in [6, 6.07) is 8.78. The van der Waals surface area contributed by atoms with E-state index in [-0.39, 0.29) is 30.0 Å². The number of ether oxygens (including phenoxy) is 1. The number of carbonyl (C=O) groups excluding carboxylic acids is 2. The van der Waals surface area contributed by atoms with Gasteiger partial charge in [0.05, 0.1) is 23.1 Å². The van der Waals surface area contributed by atoms with Crippen LogP contribution in [0.5, 0.6) is 0 Å². The Morgan fingerprint density at radius 1 is 1.17 bits per heavy atom. The van der Waals surface area contributed by atoms with Crippen LogP contribution in [-0.4, -0.2) is 29.6 Å². The van der Waals surface area contributed by atoms with E-state index >= 15 is 0 Å². The highest BCUT2D eigenvalue weighted by Gasteiger charge is 2.29. The summed E-state index contributed by atoms with van der Waals surface area (Å²) in [7, 11) is 0. The van der Waals surface area contributed by atoms with E-state index in [0.717, 1.165) is 43.5 Å². The fraction of sp³-hybridized carbons (Fsp3) is 0.409. The minimum atomic E-state index is -0.383. The van der Waals surface area contributed by atoms with Gasteiger partial charge in [-0.2, -0.15) is 0 Å². The molecule has 0 radical (unpaired) electrons. The lowest BCUT2D eigenvalue weighted by atomic mass is 9.96. The molecule has 1 aliphatic carbocycles. The number of halogens is 1. The topological polar surface area (TPSA) is 71.5 Å². The lowest BCUT2D eigenvalue weighted by Crippen LogP contribution is -2.39.